The van der Waals surface area contributed by atoms with Gasteiger partial charge in [-0.25, -0.2) is 9.97 Å². The number of anilines is 1. The second kappa shape index (κ2) is 7.83. The highest BCUT2D eigenvalue weighted by atomic mass is 16.5. The Morgan fingerprint density at radius 3 is 2.12 bits per heavy atom. The summed E-state index contributed by atoms with van der Waals surface area (Å²) in [6.45, 7) is 5.80. The molecule has 0 spiro atoms. The van der Waals surface area contributed by atoms with Crippen molar-refractivity contribution in [1.29, 1.82) is 0 Å². The molecule has 0 unspecified atom stereocenters. The van der Waals surface area contributed by atoms with E-state index in [-0.39, 0.29) is 11.8 Å². The normalized spacial score (nSPS) is 10.5. The van der Waals surface area contributed by atoms with E-state index in [0.29, 0.717) is 40.0 Å². The maximum absolute atomic E-state index is 12.6. The van der Waals surface area contributed by atoms with Crippen LogP contribution in [0.25, 0.3) is 0 Å². The van der Waals surface area contributed by atoms with Gasteiger partial charge < -0.3 is 19.5 Å². The minimum atomic E-state index is -0.304. The van der Waals surface area contributed by atoms with Crippen LogP contribution in [0.2, 0.25) is 0 Å². The zero-order valence-corrected chi connectivity index (χ0v) is 15.3. The maximum atomic E-state index is 12.6. The van der Waals surface area contributed by atoms with Crippen LogP contribution >= 0.6 is 0 Å². The minimum absolute atomic E-state index is 0.200. The Morgan fingerprint density at radius 1 is 1.08 bits per heavy atom. The second-order valence-corrected chi connectivity index (χ2v) is 5.75. The first kappa shape index (κ1) is 18.5. The monoisotopic (exact) mass is 345 g/mol. The Kier molecular flexibility index (Phi) is 5.80. The molecule has 1 aromatic carbocycles. The van der Waals surface area contributed by atoms with Gasteiger partial charge in [-0.1, -0.05) is 13.8 Å². The lowest BCUT2D eigenvalue weighted by Crippen LogP contribution is -2.16. The van der Waals surface area contributed by atoms with Crippen LogP contribution in [0.1, 0.15) is 41.6 Å². The van der Waals surface area contributed by atoms with Crippen LogP contribution in [0.3, 0.4) is 0 Å². The molecule has 0 saturated heterocycles. The van der Waals surface area contributed by atoms with Crippen LogP contribution in [0.5, 0.6) is 17.2 Å². The standard InChI is InChI=1S/C18H23N3O4/c1-10(2)17-19-9-13(11(3)20-17)18(22)21-12-7-14(23-4)16(25-6)15(8-12)24-5/h7-10H,1-6H3,(H,21,22). The number of methoxy groups -OCH3 is 3. The Labute approximate surface area is 147 Å². The van der Waals surface area contributed by atoms with Crippen molar-refractivity contribution in [2.24, 2.45) is 0 Å². The van der Waals surface area contributed by atoms with E-state index in [9.17, 15) is 4.79 Å². The summed E-state index contributed by atoms with van der Waals surface area (Å²) < 4.78 is 15.9. The summed E-state index contributed by atoms with van der Waals surface area (Å²) in [7, 11) is 4.56. The number of nitrogens with zero attached hydrogens (tertiary/aromatic N) is 2. The van der Waals surface area contributed by atoms with Crippen molar-refractivity contribution in [3.63, 3.8) is 0 Å². The van der Waals surface area contributed by atoms with Gasteiger partial charge in [-0.2, -0.15) is 0 Å². The number of hydrogen-bond donors (Lipinski definition) is 1. The van der Waals surface area contributed by atoms with Gasteiger partial charge in [0, 0.05) is 29.9 Å². The van der Waals surface area contributed by atoms with E-state index >= 15 is 0 Å². The van der Waals surface area contributed by atoms with E-state index in [4.69, 9.17) is 14.2 Å². The van der Waals surface area contributed by atoms with Crippen LogP contribution in [0.15, 0.2) is 18.3 Å². The summed E-state index contributed by atoms with van der Waals surface area (Å²) in [5.41, 5.74) is 1.56. The lowest BCUT2D eigenvalue weighted by atomic mass is 10.1. The third-order valence-electron chi connectivity index (χ3n) is 3.68. The molecule has 7 heteroatoms. The largest absolute Gasteiger partial charge is 0.493 e. The number of carbonyl (C=O) groups is 1. The van der Waals surface area contributed by atoms with Crippen molar-refractivity contribution in [2.45, 2.75) is 26.7 Å². The number of aryl methyl sites for hydroxylation is 1. The van der Waals surface area contributed by atoms with E-state index in [2.05, 4.69) is 15.3 Å². The average Bonchev–Trinajstić information content (AvgIpc) is 2.60. The van der Waals surface area contributed by atoms with Crippen LogP contribution in [-0.4, -0.2) is 37.2 Å². The van der Waals surface area contributed by atoms with Gasteiger partial charge in [0.15, 0.2) is 11.5 Å². The fourth-order valence-corrected chi connectivity index (χ4v) is 2.34. The Balaban J connectivity index is 2.32. The van der Waals surface area contributed by atoms with Crippen LogP contribution in [-0.2, 0) is 0 Å². The summed E-state index contributed by atoms with van der Waals surface area (Å²) in [5.74, 6) is 1.99. The summed E-state index contributed by atoms with van der Waals surface area (Å²) >= 11 is 0. The molecule has 1 aromatic heterocycles. The van der Waals surface area contributed by atoms with E-state index in [0.717, 1.165) is 0 Å². The van der Waals surface area contributed by atoms with Gasteiger partial charge in [-0.15, -0.1) is 0 Å². The predicted octanol–water partition coefficient (Wildman–Crippen LogP) is 3.19. The van der Waals surface area contributed by atoms with Crippen molar-refractivity contribution < 1.29 is 19.0 Å². The minimum Gasteiger partial charge on any atom is -0.493 e. The molecule has 1 heterocycles. The molecule has 25 heavy (non-hydrogen) atoms. The van der Waals surface area contributed by atoms with Crippen LogP contribution < -0.4 is 19.5 Å². The van der Waals surface area contributed by atoms with Gasteiger partial charge in [-0.05, 0) is 6.92 Å². The zero-order chi connectivity index (χ0) is 18.6. The number of hydrogen-bond acceptors (Lipinski definition) is 6. The highest BCUT2D eigenvalue weighted by Crippen LogP contribution is 2.40. The fourth-order valence-electron chi connectivity index (χ4n) is 2.34. The molecule has 0 aliphatic heterocycles. The molecule has 134 valence electrons. The number of amides is 1. The Hall–Kier alpha value is -2.83. The van der Waals surface area contributed by atoms with E-state index in [1.807, 2.05) is 13.8 Å². The predicted molar refractivity (Wildman–Crippen MR) is 94.9 cm³/mol. The number of aromatic nitrogens is 2. The highest BCUT2D eigenvalue weighted by Gasteiger charge is 2.17. The molecule has 0 saturated carbocycles. The van der Waals surface area contributed by atoms with Gasteiger partial charge in [0.1, 0.15) is 5.82 Å². The highest BCUT2D eigenvalue weighted by molar-refractivity contribution is 6.05. The van der Waals surface area contributed by atoms with Gasteiger partial charge in [0.25, 0.3) is 5.91 Å². The Morgan fingerprint density at radius 2 is 1.68 bits per heavy atom. The Bertz CT molecular complexity index is 750. The molecule has 7 nitrogen and oxygen atoms in total. The van der Waals surface area contributed by atoms with Gasteiger partial charge in [-0.3, -0.25) is 4.79 Å². The van der Waals surface area contributed by atoms with Crippen molar-refractivity contribution in [3.05, 3.63) is 35.4 Å². The van der Waals surface area contributed by atoms with Crippen molar-refractivity contribution in [3.8, 4) is 17.2 Å². The SMILES string of the molecule is COc1cc(NC(=O)c2cnc(C(C)C)nc2C)cc(OC)c1OC. The van der Waals surface area contributed by atoms with Crippen LogP contribution in [0, 0.1) is 6.92 Å². The third-order valence-corrected chi connectivity index (χ3v) is 3.68. The molecule has 2 aromatic rings. The van der Waals surface area contributed by atoms with Crippen molar-refractivity contribution >= 4 is 11.6 Å². The molecule has 0 radical (unpaired) electrons. The number of nitrogens with one attached hydrogen (secondary N) is 1. The number of benzene rings is 1. The van der Waals surface area contributed by atoms with E-state index in [1.54, 1.807) is 25.3 Å². The quantitative estimate of drug-likeness (QED) is 0.866. The first-order valence-electron chi connectivity index (χ1n) is 7.86. The summed E-state index contributed by atoms with van der Waals surface area (Å²) in [6.07, 6.45) is 1.55. The van der Waals surface area contributed by atoms with E-state index < -0.39 is 0 Å². The third kappa shape index (κ3) is 3.99. The molecule has 0 fully saturated rings. The molecule has 0 bridgehead atoms. The molecule has 1 N–H and O–H groups in total. The van der Waals surface area contributed by atoms with Crippen LogP contribution in [0.4, 0.5) is 5.69 Å². The molecule has 0 aliphatic carbocycles. The second-order valence-electron chi connectivity index (χ2n) is 5.75. The lowest BCUT2D eigenvalue weighted by molar-refractivity contribution is 0.102. The summed E-state index contributed by atoms with van der Waals surface area (Å²) in [5, 5.41) is 2.81. The summed E-state index contributed by atoms with van der Waals surface area (Å²) in [4.78, 5) is 21.2. The number of rotatable bonds is 6. The summed E-state index contributed by atoms with van der Waals surface area (Å²) in [6, 6.07) is 3.33. The molecule has 0 aliphatic rings. The van der Waals surface area contributed by atoms with Gasteiger partial charge in [0.2, 0.25) is 5.75 Å². The topological polar surface area (TPSA) is 82.6 Å². The fraction of sp³-hybridized carbons (Fsp3) is 0.389. The van der Waals surface area contributed by atoms with Gasteiger partial charge in [0.05, 0.1) is 32.6 Å². The number of ether oxygens (including phenoxy) is 3. The molecule has 1 amide bonds. The van der Waals surface area contributed by atoms with E-state index in [1.165, 1.54) is 21.3 Å². The van der Waals surface area contributed by atoms with Crippen molar-refractivity contribution in [2.75, 3.05) is 26.6 Å². The van der Waals surface area contributed by atoms with Gasteiger partial charge >= 0.3 is 0 Å². The molecule has 0 atom stereocenters. The van der Waals surface area contributed by atoms with Crippen molar-refractivity contribution in [1.82, 2.24) is 9.97 Å². The smallest absolute Gasteiger partial charge is 0.259 e. The number of carbonyl (C=O) groups excluding carboxylic acids is 1. The lowest BCUT2D eigenvalue weighted by Gasteiger charge is -2.15. The maximum Gasteiger partial charge on any atom is 0.259 e. The first-order valence-corrected chi connectivity index (χ1v) is 7.86. The zero-order valence-electron chi connectivity index (χ0n) is 15.3. The average molecular weight is 345 g/mol. The molecular weight excluding hydrogens is 322 g/mol. The molecular formula is C18H23N3O4. The first-order chi connectivity index (χ1) is 11.9. The molecule has 2 rings (SSSR count).